The molecule has 0 unspecified atom stereocenters. The van der Waals surface area contributed by atoms with Gasteiger partial charge in [-0.3, -0.25) is 5.43 Å². The van der Waals surface area contributed by atoms with Crippen LogP contribution in [0.15, 0.2) is 47.6 Å². The van der Waals surface area contributed by atoms with Crippen LogP contribution in [0.3, 0.4) is 0 Å². The summed E-state index contributed by atoms with van der Waals surface area (Å²) in [4.78, 5) is 10.6. The van der Waals surface area contributed by atoms with E-state index in [1.54, 1.807) is 18.2 Å². The summed E-state index contributed by atoms with van der Waals surface area (Å²) in [6.45, 7) is 1.88. The molecule has 0 aromatic heterocycles. The fraction of sp³-hybridized carbons (Fsp3) is 0.0625. The molecule has 7 heteroatoms. The lowest BCUT2D eigenvalue weighted by atomic mass is 10.1. The summed E-state index contributed by atoms with van der Waals surface area (Å²) in [7, 11) is 0. The first-order valence-electron chi connectivity index (χ1n) is 6.64. The summed E-state index contributed by atoms with van der Waals surface area (Å²) < 4.78 is 0. The quantitative estimate of drug-likeness (QED) is 0.505. The van der Waals surface area contributed by atoms with Crippen LogP contribution in [0, 0.1) is 6.92 Å². The number of hydrogen-bond acceptors (Lipinski definition) is 4. The maximum atomic E-state index is 10.6. The molecule has 0 radical (unpaired) electrons. The summed E-state index contributed by atoms with van der Waals surface area (Å²) in [5, 5.41) is 18.6. The Morgan fingerprint density at radius 3 is 2.61 bits per heavy atom. The number of hydrogen-bond donors (Lipinski definition) is 2. The molecule has 2 aromatic carbocycles. The van der Waals surface area contributed by atoms with Crippen LogP contribution in [-0.2, 0) is 0 Å². The number of nitrogens with zero attached hydrogens (tertiary/aromatic N) is 1. The normalized spacial score (nSPS) is 10.5. The lowest BCUT2D eigenvalue weighted by molar-refractivity contribution is -0.255. The number of anilines is 1. The van der Waals surface area contributed by atoms with Gasteiger partial charge >= 0.3 is 0 Å². The number of thiocarbonyl (C=S) groups is 1. The Bertz CT molecular complexity index is 760. The first-order valence-corrected chi connectivity index (χ1v) is 7.42. The first-order chi connectivity index (χ1) is 11.0. The Morgan fingerprint density at radius 1 is 1.26 bits per heavy atom. The van der Waals surface area contributed by atoms with Crippen molar-refractivity contribution in [1.29, 1.82) is 0 Å². The van der Waals surface area contributed by atoms with Crippen molar-refractivity contribution in [1.82, 2.24) is 5.43 Å². The zero-order valence-electron chi connectivity index (χ0n) is 12.2. The van der Waals surface area contributed by atoms with E-state index in [1.165, 1.54) is 18.3 Å². The van der Waals surface area contributed by atoms with Crippen molar-refractivity contribution in [3.63, 3.8) is 0 Å². The summed E-state index contributed by atoms with van der Waals surface area (Å²) in [5.41, 5.74) is 5.21. The van der Waals surface area contributed by atoms with Gasteiger partial charge in [-0.05, 0) is 48.0 Å². The highest BCUT2D eigenvalue weighted by molar-refractivity contribution is 7.80. The van der Waals surface area contributed by atoms with E-state index in [-0.39, 0.29) is 5.56 Å². The van der Waals surface area contributed by atoms with Crippen LogP contribution in [0.2, 0.25) is 5.02 Å². The molecule has 0 aliphatic heterocycles. The first kappa shape index (κ1) is 16.9. The Labute approximate surface area is 144 Å². The summed E-state index contributed by atoms with van der Waals surface area (Å²) in [6.07, 6.45) is 1.53. The fourth-order valence-corrected chi connectivity index (χ4v) is 2.10. The molecule has 2 aromatic rings. The van der Waals surface area contributed by atoms with Crippen LogP contribution in [0.4, 0.5) is 5.69 Å². The number of nitrogens with one attached hydrogen (secondary N) is 2. The minimum atomic E-state index is -1.21. The average molecular weight is 347 g/mol. The Hall–Kier alpha value is -2.44. The summed E-state index contributed by atoms with van der Waals surface area (Å²) >= 11 is 11.2. The second kappa shape index (κ2) is 7.71. The number of halogens is 1. The van der Waals surface area contributed by atoms with Crippen LogP contribution in [0.5, 0.6) is 0 Å². The van der Waals surface area contributed by atoms with Crippen LogP contribution >= 0.6 is 23.8 Å². The third kappa shape index (κ3) is 4.77. The van der Waals surface area contributed by atoms with E-state index in [4.69, 9.17) is 23.8 Å². The van der Waals surface area contributed by atoms with Crippen molar-refractivity contribution in [3.05, 3.63) is 64.2 Å². The zero-order chi connectivity index (χ0) is 16.8. The van der Waals surface area contributed by atoms with Crippen LogP contribution in [-0.4, -0.2) is 17.3 Å². The van der Waals surface area contributed by atoms with Gasteiger partial charge in [-0.1, -0.05) is 41.9 Å². The SMILES string of the molecule is Cc1c(Cl)cccc1NC(=S)N/N=C\c1ccc(C(=O)[O-])cc1. The van der Waals surface area contributed by atoms with Crippen molar-refractivity contribution in [2.75, 3.05) is 5.32 Å². The van der Waals surface area contributed by atoms with Gasteiger partial charge in [-0.25, -0.2) is 0 Å². The van der Waals surface area contributed by atoms with E-state index in [9.17, 15) is 9.90 Å². The van der Waals surface area contributed by atoms with Gasteiger partial charge in [-0.15, -0.1) is 0 Å². The number of rotatable bonds is 4. The largest absolute Gasteiger partial charge is 0.545 e. The molecule has 2 rings (SSSR count). The van der Waals surface area contributed by atoms with Crippen molar-refractivity contribution < 1.29 is 9.90 Å². The minimum absolute atomic E-state index is 0.115. The second-order valence-corrected chi connectivity index (χ2v) is 5.46. The predicted molar refractivity (Wildman–Crippen MR) is 93.9 cm³/mol. The molecule has 0 amide bonds. The monoisotopic (exact) mass is 346 g/mol. The van der Waals surface area contributed by atoms with Crippen molar-refractivity contribution in [3.8, 4) is 0 Å². The number of hydrazone groups is 1. The molecule has 0 fully saturated rings. The molecule has 0 heterocycles. The molecule has 2 N–H and O–H groups in total. The van der Waals surface area contributed by atoms with Crippen molar-refractivity contribution in [2.45, 2.75) is 6.92 Å². The van der Waals surface area contributed by atoms with Gasteiger partial charge in [0, 0.05) is 10.7 Å². The van der Waals surface area contributed by atoms with Gasteiger partial charge < -0.3 is 15.2 Å². The van der Waals surface area contributed by atoms with E-state index in [2.05, 4.69) is 15.8 Å². The molecule has 23 heavy (non-hydrogen) atoms. The maximum absolute atomic E-state index is 10.6. The van der Waals surface area contributed by atoms with E-state index in [1.807, 2.05) is 19.1 Å². The number of benzene rings is 2. The molecule has 0 aliphatic carbocycles. The zero-order valence-corrected chi connectivity index (χ0v) is 13.7. The van der Waals surface area contributed by atoms with Crippen LogP contribution in [0.25, 0.3) is 0 Å². The molecule has 0 saturated heterocycles. The lowest BCUT2D eigenvalue weighted by Crippen LogP contribution is -2.24. The Morgan fingerprint density at radius 2 is 1.96 bits per heavy atom. The number of carboxylic acid groups (broad SMARTS) is 1. The van der Waals surface area contributed by atoms with Gasteiger partial charge in [0.1, 0.15) is 0 Å². The van der Waals surface area contributed by atoms with E-state index < -0.39 is 5.97 Å². The molecule has 0 atom stereocenters. The van der Waals surface area contributed by atoms with Crippen LogP contribution in [0.1, 0.15) is 21.5 Å². The Kier molecular flexibility index (Phi) is 5.67. The molecule has 0 spiro atoms. The topological polar surface area (TPSA) is 76.5 Å². The van der Waals surface area contributed by atoms with Crippen molar-refractivity contribution >= 4 is 46.8 Å². The Balaban J connectivity index is 1.93. The van der Waals surface area contributed by atoms with Gasteiger partial charge in [0.2, 0.25) is 0 Å². The highest BCUT2D eigenvalue weighted by Gasteiger charge is 2.03. The van der Waals surface area contributed by atoms with Crippen molar-refractivity contribution in [2.24, 2.45) is 5.10 Å². The number of carbonyl (C=O) groups excluding carboxylic acids is 1. The summed E-state index contributed by atoms with van der Waals surface area (Å²) in [6, 6.07) is 11.6. The lowest BCUT2D eigenvalue weighted by Gasteiger charge is -2.10. The van der Waals surface area contributed by atoms with E-state index in [0.717, 1.165) is 16.8 Å². The molecular weight excluding hydrogens is 334 g/mol. The molecule has 0 bridgehead atoms. The number of aromatic carboxylic acids is 1. The predicted octanol–water partition coefficient (Wildman–Crippen LogP) is 2.33. The fourth-order valence-electron chi connectivity index (χ4n) is 1.76. The third-order valence-corrected chi connectivity index (χ3v) is 3.64. The van der Waals surface area contributed by atoms with E-state index >= 15 is 0 Å². The highest BCUT2D eigenvalue weighted by atomic mass is 35.5. The third-order valence-electron chi connectivity index (χ3n) is 3.04. The van der Waals surface area contributed by atoms with Gasteiger partial charge in [0.25, 0.3) is 0 Å². The molecule has 5 nitrogen and oxygen atoms in total. The molecule has 118 valence electrons. The van der Waals surface area contributed by atoms with Gasteiger partial charge in [0.05, 0.1) is 12.2 Å². The number of carboxylic acids is 1. The maximum Gasteiger partial charge on any atom is 0.191 e. The standard InChI is InChI=1S/C16H14ClN3O2S/c1-10-13(17)3-2-4-14(10)19-16(23)20-18-9-11-5-7-12(8-6-11)15(21)22/h2-9H,1H3,(H,21,22)(H2,19,20,23)/p-1/b18-9-. The van der Waals surface area contributed by atoms with Gasteiger partial charge in [-0.2, -0.15) is 5.10 Å². The molecular formula is C16H13ClN3O2S-. The minimum Gasteiger partial charge on any atom is -0.545 e. The molecule has 0 aliphatic rings. The van der Waals surface area contributed by atoms with E-state index in [0.29, 0.717) is 10.1 Å². The average Bonchev–Trinajstić information content (AvgIpc) is 2.52. The second-order valence-electron chi connectivity index (χ2n) is 4.65. The summed E-state index contributed by atoms with van der Waals surface area (Å²) in [5.74, 6) is -1.21. The van der Waals surface area contributed by atoms with Crippen LogP contribution < -0.4 is 15.8 Å². The smallest absolute Gasteiger partial charge is 0.191 e. The van der Waals surface area contributed by atoms with Gasteiger partial charge in [0.15, 0.2) is 5.11 Å². The molecule has 0 saturated carbocycles. The highest BCUT2D eigenvalue weighted by Crippen LogP contribution is 2.22. The number of carbonyl (C=O) groups is 1.